The molecule has 4 nitrogen and oxygen atoms in total. The van der Waals surface area contributed by atoms with Gasteiger partial charge in [-0.15, -0.1) is 0 Å². The van der Waals surface area contributed by atoms with Crippen LogP contribution in [0.3, 0.4) is 0 Å². The molecule has 0 saturated heterocycles. The van der Waals surface area contributed by atoms with Crippen molar-refractivity contribution in [3.8, 4) is 11.5 Å². The Hall–Kier alpha value is -1.23. The number of hydrogen-bond donors (Lipinski definition) is 1. The van der Waals surface area contributed by atoms with Crippen molar-refractivity contribution in [2.75, 3.05) is 7.11 Å². The normalized spacial score (nSPS) is 10.6. The van der Waals surface area contributed by atoms with Crippen LogP contribution in [0.25, 0.3) is 0 Å². The molecule has 0 aliphatic rings. The second-order valence-corrected chi connectivity index (χ2v) is 5.33. The summed E-state index contributed by atoms with van der Waals surface area (Å²) < 4.78 is 12.0. The fourth-order valence-corrected chi connectivity index (χ4v) is 2.27. The van der Waals surface area contributed by atoms with Crippen molar-refractivity contribution in [1.82, 2.24) is 0 Å². The zero-order valence-corrected chi connectivity index (χ0v) is 13.0. The van der Waals surface area contributed by atoms with E-state index in [0.717, 1.165) is 10.0 Å². The van der Waals surface area contributed by atoms with Crippen molar-refractivity contribution >= 4 is 21.9 Å². The predicted octanol–water partition coefficient (Wildman–Crippen LogP) is 3.65. The Balaban J connectivity index is 3.00. The number of aliphatic carboxylic acids is 1. The molecule has 106 valence electrons. The van der Waals surface area contributed by atoms with E-state index in [1.165, 1.54) is 0 Å². The third-order valence-corrected chi connectivity index (χ3v) is 3.30. The lowest BCUT2D eigenvalue weighted by molar-refractivity contribution is -0.137. The first-order chi connectivity index (χ1) is 8.95. The highest BCUT2D eigenvalue weighted by Crippen LogP contribution is 2.37. The minimum Gasteiger partial charge on any atom is -0.493 e. The highest BCUT2D eigenvalue weighted by atomic mass is 79.9. The van der Waals surface area contributed by atoms with E-state index in [1.54, 1.807) is 7.11 Å². The van der Waals surface area contributed by atoms with Gasteiger partial charge < -0.3 is 14.6 Å². The van der Waals surface area contributed by atoms with Crippen LogP contribution in [0.1, 0.15) is 32.3 Å². The molecule has 1 aromatic carbocycles. The molecule has 5 heteroatoms. The van der Waals surface area contributed by atoms with Crippen molar-refractivity contribution in [2.45, 2.75) is 39.2 Å². The molecule has 0 heterocycles. The number of rotatable bonds is 7. The molecule has 0 amide bonds. The molecule has 0 spiro atoms. The second-order valence-electron chi connectivity index (χ2n) is 4.47. The number of hydrogen-bond acceptors (Lipinski definition) is 3. The molecule has 0 aliphatic heterocycles. The first-order valence-corrected chi connectivity index (χ1v) is 6.98. The van der Waals surface area contributed by atoms with E-state index in [1.807, 2.05) is 26.0 Å². The van der Waals surface area contributed by atoms with E-state index in [0.29, 0.717) is 24.3 Å². The van der Waals surface area contributed by atoms with Gasteiger partial charge in [-0.3, -0.25) is 4.79 Å². The van der Waals surface area contributed by atoms with Crippen LogP contribution in [0, 0.1) is 0 Å². The van der Waals surface area contributed by atoms with E-state index in [2.05, 4.69) is 15.9 Å². The Bertz CT molecular complexity index is 443. The first kappa shape index (κ1) is 15.8. The summed E-state index contributed by atoms with van der Waals surface area (Å²) in [5, 5.41) is 8.71. The zero-order valence-electron chi connectivity index (χ0n) is 11.4. The highest BCUT2D eigenvalue weighted by molar-refractivity contribution is 9.10. The number of benzene rings is 1. The summed E-state index contributed by atoms with van der Waals surface area (Å²) in [6.45, 7) is 3.89. The Morgan fingerprint density at radius 1 is 1.42 bits per heavy atom. The maximum Gasteiger partial charge on any atom is 0.303 e. The monoisotopic (exact) mass is 330 g/mol. The fraction of sp³-hybridized carbons (Fsp3) is 0.500. The van der Waals surface area contributed by atoms with Crippen LogP contribution in [-0.2, 0) is 11.2 Å². The van der Waals surface area contributed by atoms with Gasteiger partial charge in [0.15, 0.2) is 11.5 Å². The molecule has 0 saturated carbocycles. The zero-order chi connectivity index (χ0) is 14.4. The second kappa shape index (κ2) is 7.38. The van der Waals surface area contributed by atoms with E-state index in [9.17, 15) is 4.79 Å². The van der Waals surface area contributed by atoms with Crippen LogP contribution in [0.4, 0.5) is 0 Å². The van der Waals surface area contributed by atoms with E-state index < -0.39 is 5.97 Å². The smallest absolute Gasteiger partial charge is 0.303 e. The van der Waals surface area contributed by atoms with Crippen LogP contribution in [0.2, 0.25) is 0 Å². The summed E-state index contributed by atoms with van der Waals surface area (Å²) >= 11 is 3.48. The molecule has 0 radical (unpaired) electrons. The van der Waals surface area contributed by atoms with Gasteiger partial charge in [0.05, 0.1) is 13.2 Å². The molecule has 1 aromatic rings. The van der Waals surface area contributed by atoms with E-state index in [-0.39, 0.29) is 12.5 Å². The molecule has 1 N–H and O–H groups in total. The number of halogens is 1. The number of ether oxygens (including phenoxy) is 2. The molecule has 19 heavy (non-hydrogen) atoms. The number of carboxylic acid groups (broad SMARTS) is 1. The number of carbonyl (C=O) groups is 1. The Labute approximate surface area is 121 Å². The number of methoxy groups -OCH3 is 1. The van der Waals surface area contributed by atoms with E-state index in [4.69, 9.17) is 14.6 Å². The average molecular weight is 331 g/mol. The van der Waals surface area contributed by atoms with Crippen molar-refractivity contribution in [2.24, 2.45) is 0 Å². The van der Waals surface area contributed by atoms with Crippen molar-refractivity contribution < 1.29 is 19.4 Å². The van der Waals surface area contributed by atoms with Gasteiger partial charge in [0, 0.05) is 16.5 Å². The fourth-order valence-electron chi connectivity index (χ4n) is 1.76. The summed E-state index contributed by atoms with van der Waals surface area (Å²) in [5.41, 5.74) is 0.953. The lowest BCUT2D eigenvalue weighted by Crippen LogP contribution is -2.09. The topological polar surface area (TPSA) is 55.8 Å². The Morgan fingerprint density at radius 2 is 2.11 bits per heavy atom. The van der Waals surface area contributed by atoms with Crippen molar-refractivity contribution in [3.63, 3.8) is 0 Å². The minimum absolute atomic E-state index is 0.0291. The first-order valence-electron chi connectivity index (χ1n) is 6.19. The summed E-state index contributed by atoms with van der Waals surface area (Å²) in [4.78, 5) is 10.6. The Kier molecular flexibility index (Phi) is 6.15. The van der Waals surface area contributed by atoms with Gasteiger partial charge in [-0.25, -0.2) is 0 Å². The summed E-state index contributed by atoms with van der Waals surface area (Å²) in [5.74, 6) is 0.574. The lowest BCUT2D eigenvalue weighted by Gasteiger charge is -2.18. The van der Waals surface area contributed by atoms with Crippen LogP contribution >= 0.6 is 15.9 Å². The predicted molar refractivity (Wildman–Crippen MR) is 77.0 cm³/mol. The molecule has 0 atom stereocenters. The van der Waals surface area contributed by atoms with Gasteiger partial charge in [-0.1, -0.05) is 15.9 Å². The number of carboxylic acids is 1. The molecular weight excluding hydrogens is 312 g/mol. The Morgan fingerprint density at radius 3 is 2.63 bits per heavy atom. The standard InChI is InChI=1S/C14H19BrO4/c1-9(2)19-14-10(5-4-6-13(16)17)11(15)7-8-12(14)18-3/h7-9H,4-6H2,1-3H3,(H,16,17). The van der Waals surface area contributed by atoms with Gasteiger partial charge in [-0.05, 0) is 38.8 Å². The van der Waals surface area contributed by atoms with Gasteiger partial charge in [0.2, 0.25) is 0 Å². The van der Waals surface area contributed by atoms with Gasteiger partial charge in [0.1, 0.15) is 0 Å². The maximum absolute atomic E-state index is 10.6. The quantitative estimate of drug-likeness (QED) is 0.829. The van der Waals surface area contributed by atoms with Crippen LogP contribution in [0.5, 0.6) is 11.5 Å². The SMILES string of the molecule is COc1ccc(Br)c(CCCC(=O)O)c1OC(C)C. The van der Waals surface area contributed by atoms with Gasteiger partial charge in [-0.2, -0.15) is 0 Å². The molecular formula is C14H19BrO4. The minimum atomic E-state index is -0.787. The van der Waals surface area contributed by atoms with Crippen LogP contribution in [0.15, 0.2) is 16.6 Å². The third-order valence-electron chi connectivity index (χ3n) is 2.56. The molecule has 0 aliphatic carbocycles. The maximum atomic E-state index is 10.6. The molecule has 0 unspecified atom stereocenters. The van der Waals surface area contributed by atoms with Crippen molar-refractivity contribution in [3.05, 3.63) is 22.2 Å². The van der Waals surface area contributed by atoms with Gasteiger partial charge >= 0.3 is 5.97 Å². The highest BCUT2D eigenvalue weighted by Gasteiger charge is 2.16. The molecule has 1 rings (SSSR count). The van der Waals surface area contributed by atoms with Crippen LogP contribution in [-0.4, -0.2) is 24.3 Å². The lowest BCUT2D eigenvalue weighted by atomic mass is 10.1. The van der Waals surface area contributed by atoms with Crippen molar-refractivity contribution in [1.29, 1.82) is 0 Å². The molecule has 0 aromatic heterocycles. The van der Waals surface area contributed by atoms with Crippen LogP contribution < -0.4 is 9.47 Å². The van der Waals surface area contributed by atoms with Gasteiger partial charge in [0.25, 0.3) is 0 Å². The summed E-state index contributed by atoms with van der Waals surface area (Å²) in [6, 6.07) is 3.73. The summed E-state index contributed by atoms with van der Waals surface area (Å²) in [6.07, 6.45) is 1.37. The summed E-state index contributed by atoms with van der Waals surface area (Å²) in [7, 11) is 1.59. The van der Waals surface area contributed by atoms with E-state index >= 15 is 0 Å². The average Bonchev–Trinajstić information content (AvgIpc) is 2.32. The molecule has 0 bridgehead atoms. The largest absolute Gasteiger partial charge is 0.493 e. The molecule has 0 fully saturated rings. The third kappa shape index (κ3) is 4.74.